The minimum absolute atomic E-state index is 0.0785. The third-order valence-electron chi connectivity index (χ3n) is 4.70. The average molecular weight is 393 g/mol. The van der Waals surface area contributed by atoms with Crippen LogP contribution >= 0.6 is 0 Å². The lowest BCUT2D eigenvalue weighted by atomic mass is 10.1. The molecule has 1 aromatic heterocycles. The van der Waals surface area contributed by atoms with Gasteiger partial charge in [0.1, 0.15) is 5.75 Å². The van der Waals surface area contributed by atoms with Gasteiger partial charge in [0, 0.05) is 37.9 Å². The lowest BCUT2D eigenvalue weighted by Gasteiger charge is -2.25. The molecular formula is C20H22F3N3O2. The normalized spacial score (nSPS) is 17.2. The second-order valence-corrected chi connectivity index (χ2v) is 6.73. The van der Waals surface area contributed by atoms with Crippen LogP contribution in [0, 0.1) is 0 Å². The van der Waals surface area contributed by atoms with Crippen molar-refractivity contribution in [1.82, 2.24) is 15.2 Å². The van der Waals surface area contributed by atoms with Crippen molar-refractivity contribution in [3.05, 3.63) is 59.9 Å². The molecule has 1 amide bonds. The quantitative estimate of drug-likeness (QED) is 0.696. The van der Waals surface area contributed by atoms with Crippen molar-refractivity contribution < 1.29 is 22.7 Å². The van der Waals surface area contributed by atoms with E-state index in [0.29, 0.717) is 13.0 Å². The van der Waals surface area contributed by atoms with Gasteiger partial charge >= 0.3 is 6.36 Å². The van der Waals surface area contributed by atoms with Crippen molar-refractivity contribution in [3.8, 4) is 5.75 Å². The first-order valence-electron chi connectivity index (χ1n) is 9.14. The SMILES string of the molecule is O=C1CC[C@H](CCNCc2ccncc2)N1Cc1ccc(OC(F)(F)F)cc1. The van der Waals surface area contributed by atoms with E-state index in [-0.39, 0.29) is 17.7 Å². The molecule has 28 heavy (non-hydrogen) atoms. The van der Waals surface area contributed by atoms with Gasteiger partial charge in [-0.3, -0.25) is 9.78 Å². The molecule has 1 aromatic carbocycles. The molecule has 1 atom stereocenters. The summed E-state index contributed by atoms with van der Waals surface area (Å²) in [4.78, 5) is 18.0. The number of nitrogens with zero attached hydrogens (tertiary/aromatic N) is 2. The third kappa shape index (κ3) is 5.95. The summed E-state index contributed by atoms with van der Waals surface area (Å²) in [6.45, 7) is 1.90. The third-order valence-corrected chi connectivity index (χ3v) is 4.70. The van der Waals surface area contributed by atoms with Gasteiger partial charge in [0.15, 0.2) is 0 Å². The van der Waals surface area contributed by atoms with Crippen LogP contribution in [0.15, 0.2) is 48.8 Å². The summed E-state index contributed by atoms with van der Waals surface area (Å²) in [5, 5.41) is 3.37. The molecule has 1 aliphatic rings. The predicted molar refractivity (Wildman–Crippen MR) is 97.3 cm³/mol. The molecule has 2 aromatic rings. The van der Waals surface area contributed by atoms with Crippen LogP contribution in [0.25, 0.3) is 0 Å². The number of carbonyl (C=O) groups excluding carboxylic acids is 1. The van der Waals surface area contributed by atoms with Gasteiger partial charge in [-0.1, -0.05) is 12.1 Å². The Balaban J connectivity index is 1.49. The molecule has 150 valence electrons. The molecule has 0 bridgehead atoms. The van der Waals surface area contributed by atoms with E-state index in [1.165, 1.54) is 12.1 Å². The van der Waals surface area contributed by atoms with Gasteiger partial charge in [0.05, 0.1) is 0 Å². The fraction of sp³-hybridized carbons (Fsp3) is 0.400. The molecule has 5 nitrogen and oxygen atoms in total. The number of alkyl halides is 3. The first-order valence-corrected chi connectivity index (χ1v) is 9.14. The van der Waals surface area contributed by atoms with E-state index in [1.54, 1.807) is 24.5 Å². The summed E-state index contributed by atoms with van der Waals surface area (Å²) in [6.07, 6.45) is 0.918. The smallest absolute Gasteiger partial charge is 0.406 e. The predicted octanol–water partition coefficient (Wildman–Crippen LogP) is 3.65. The maximum absolute atomic E-state index is 12.2. The van der Waals surface area contributed by atoms with Crippen LogP contribution in [0.4, 0.5) is 13.2 Å². The number of halogens is 3. The summed E-state index contributed by atoms with van der Waals surface area (Å²) in [7, 11) is 0. The molecule has 0 unspecified atom stereocenters. The van der Waals surface area contributed by atoms with Crippen molar-refractivity contribution >= 4 is 5.91 Å². The molecule has 3 rings (SSSR count). The lowest BCUT2D eigenvalue weighted by molar-refractivity contribution is -0.274. The lowest BCUT2D eigenvalue weighted by Crippen LogP contribution is -2.34. The average Bonchev–Trinajstić information content (AvgIpc) is 3.00. The van der Waals surface area contributed by atoms with Crippen molar-refractivity contribution in [2.45, 2.75) is 44.8 Å². The molecule has 1 fully saturated rings. The van der Waals surface area contributed by atoms with Crippen LogP contribution in [-0.4, -0.2) is 34.7 Å². The fourth-order valence-corrected chi connectivity index (χ4v) is 3.31. The minimum atomic E-state index is -4.71. The molecule has 0 saturated carbocycles. The topological polar surface area (TPSA) is 54.5 Å². The van der Waals surface area contributed by atoms with Crippen molar-refractivity contribution in [2.24, 2.45) is 0 Å². The Morgan fingerprint density at radius 3 is 2.50 bits per heavy atom. The van der Waals surface area contributed by atoms with Crippen LogP contribution in [0.1, 0.15) is 30.4 Å². The molecule has 1 saturated heterocycles. The molecule has 0 spiro atoms. The number of nitrogens with one attached hydrogen (secondary N) is 1. The Bertz CT molecular complexity index is 767. The number of carbonyl (C=O) groups is 1. The van der Waals surface area contributed by atoms with Gasteiger partial charge in [0.2, 0.25) is 5.91 Å². The van der Waals surface area contributed by atoms with E-state index in [1.807, 2.05) is 17.0 Å². The van der Waals surface area contributed by atoms with Gasteiger partial charge in [-0.05, 0) is 54.8 Å². The van der Waals surface area contributed by atoms with E-state index in [9.17, 15) is 18.0 Å². The van der Waals surface area contributed by atoms with Crippen molar-refractivity contribution in [3.63, 3.8) is 0 Å². The monoisotopic (exact) mass is 393 g/mol. The van der Waals surface area contributed by atoms with Gasteiger partial charge in [0.25, 0.3) is 0 Å². The zero-order valence-electron chi connectivity index (χ0n) is 15.3. The number of aromatic nitrogens is 1. The van der Waals surface area contributed by atoms with Crippen molar-refractivity contribution in [2.75, 3.05) is 6.54 Å². The highest BCUT2D eigenvalue weighted by atomic mass is 19.4. The Hall–Kier alpha value is -2.61. The molecule has 8 heteroatoms. The van der Waals surface area contributed by atoms with E-state index in [2.05, 4.69) is 15.0 Å². The number of hydrogen-bond acceptors (Lipinski definition) is 4. The van der Waals surface area contributed by atoms with Gasteiger partial charge in [-0.2, -0.15) is 0 Å². The highest BCUT2D eigenvalue weighted by Crippen LogP contribution is 2.26. The minimum Gasteiger partial charge on any atom is -0.406 e. The first-order chi connectivity index (χ1) is 13.4. The Labute approximate surface area is 161 Å². The maximum atomic E-state index is 12.2. The van der Waals surface area contributed by atoms with Crippen LogP contribution in [0.3, 0.4) is 0 Å². The number of ether oxygens (including phenoxy) is 1. The van der Waals surface area contributed by atoms with Crippen molar-refractivity contribution in [1.29, 1.82) is 0 Å². The van der Waals surface area contributed by atoms with E-state index >= 15 is 0 Å². The summed E-state index contributed by atoms with van der Waals surface area (Å²) in [6, 6.07) is 9.69. The zero-order valence-corrected chi connectivity index (χ0v) is 15.3. The Morgan fingerprint density at radius 2 is 1.82 bits per heavy atom. The number of pyridine rings is 1. The molecule has 0 radical (unpaired) electrons. The number of rotatable bonds is 8. The van der Waals surface area contributed by atoms with Gasteiger partial charge in [-0.15, -0.1) is 13.2 Å². The summed E-state index contributed by atoms with van der Waals surface area (Å²) in [5.41, 5.74) is 1.93. The molecule has 1 N–H and O–H groups in total. The standard InChI is InChI=1S/C20H22F3N3O2/c21-20(22,23)28-18-4-1-16(2-5-18)14-26-17(3-6-19(26)27)9-12-25-13-15-7-10-24-11-8-15/h1-2,4-5,7-8,10-11,17,25H,3,6,9,12-14H2/t17-/m1/s1. The summed E-state index contributed by atoms with van der Waals surface area (Å²) < 4.78 is 40.6. The van der Waals surface area contributed by atoms with Crippen LogP contribution < -0.4 is 10.1 Å². The number of likely N-dealkylation sites (tertiary alicyclic amines) is 1. The highest BCUT2D eigenvalue weighted by molar-refractivity contribution is 5.78. The number of amides is 1. The molecule has 0 aliphatic carbocycles. The largest absolute Gasteiger partial charge is 0.573 e. The molecule has 1 aliphatic heterocycles. The van der Waals surface area contributed by atoms with E-state index in [0.717, 1.165) is 37.1 Å². The van der Waals surface area contributed by atoms with E-state index in [4.69, 9.17) is 0 Å². The second kappa shape index (κ2) is 9.05. The van der Waals surface area contributed by atoms with Crippen LogP contribution in [0.5, 0.6) is 5.75 Å². The van der Waals surface area contributed by atoms with E-state index < -0.39 is 6.36 Å². The summed E-state index contributed by atoms with van der Waals surface area (Å²) in [5.74, 6) is -0.185. The second-order valence-electron chi connectivity index (χ2n) is 6.73. The Morgan fingerprint density at radius 1 is 1.11 bits per heavy atom. The number of benzene rings is 1. The highest BCUT2D eigenvalue weighted by Gasteiger charge is 2.32. The van der Waals surface area contributed by atoms with Crippen LogP contribution in [0.2, 0.25) is 0 Å². The van der Waals surface area contributed by atoms with Gasteiger partial charge in [-0.25, -0.2) is 0 Å². The first kappa shape index (κ1) is 20.1. The van der Waals surface area contributed by atoms with Gasteiger partial charge < -0.3 is 15.0 Å². The molecular weight excluding hydrogens is 371 g/mol. The number of hydrogen-bond donors (Lipinski definition) is 1. The fourth-order valence-electron chi connectivity index (χ4n) is 3.31. The summed E-state index contributed by atoms with van der Waals surface area (Å²) >= 11 is 0. The Kier molecular flexibility index (Phi) is 6.51. The molecule has 2 heterocycles. The van der Waals surface area contributed by atoms with Crippen LogP contribution in [-0.2, 0) is 17.9 Å². The zero-order chi connectivity index (χ0) is 20.0. The maximum Gasteiger partial charge on any atom is 0.573 e.